The molecule has 0 aromatic heterocycles. The number of rotatable bonds is 0. The third kappa shape index (κ3) is 103. The number of hydrogen-bond acceptors (Lipinski definition) is 2. The van der Waals surface area contributed by atoms with Crippen molar-refractivity contribution in [3.8, 4) is 0 Å². The van der Waals surface area contributed by atoms with Gasteiger partial charge in [-0.05, 0) is 0 Å². The molecule has 0 spiro atoms. The highest BCUT2D eigenvalue weighted by Gasteiger charge is 1.82. The van der Waals surface area contributed by atoms with Gasteiger partial charge in [-0.3, -0.25) is 0 Å². The van der Waals surface area contributed by atoms with Crippen LogP contribution in [-0.2, 0) is 8.16 Å². The second kappa shape index (κ2) is 1.32. The molecule has 0 atom stereocenters. The lowest BCUT2D eigenvalue weighted by atomic mass is 14.0. The van der Waals surface area contributed by atoms with Gasteiger partial charge in [0.15, 0.2) is 0 Å². The largest absolute Gasteiger partial charge is 0.227 e. The van der Waals surface area contributed by atoms with E-state index in [0.717, 1.165) is 0 Å². The second-order valence-corrected chi connectivity index (χ2v) is 4.35. The summed E-state index contributed by atoms with van der Waals surface area (Å²) in [6.45, 7) is 0. The van der Waals surface area contributed by atoms with Gasteiger partial charge < -0.3 is 0 Å². The van der Waals surface area contributed by atoms with Crippen molar-refractivity contribution in [2.24, 2.45) is 0 Å². The van der Waals surface area contributed by atoms with E-state index in [1.165, 1.54) is 0 Å². The molecule has 0 heterocycles. The third-order valence-electron chi connectivity index (χ3n) is 0. The first kappa shape index (κ1) is 5.53. The molecule has 0 unspecified atom stereocenters. The Bertz CT molecular complexity index is 92.8. The van der Waals surface area contributed by atoms with E-state index in [4.69, 9.17) is 4.78 Å². The summed E-state index contributed by atoms with van der Waals surface area (Å²) in [5, 5.41) is 0. The summed E-state index contributed by atoms with van der Waals surface area (Å²) >= 11 is 0. The lowest BCUT2D eigenvalue weighted by Crippen LogP contribution is -1.58. The Hall–Kier alpha value is 0.530. The van der Waals surface area contributed by atoms with Gasteiger partial charge >= 0.3 is 0 Å². The van der Waals surface area contributed by atoms with E-state index in [0.29, 0.717) is 0 Å². The molecule has 0 aliphatic heterocycles. The highest BCUT2D eigenvalue weighted by Crippen LogP contribution is 2.00. The van der Waals surface area contributed by atoms with Gasteiger partial charge in [0.2, 0.25) is 8.16 Å². The zero-order valence-electron chi connectivity index (χ0n) is 2.07. The van der Waals surface area contributed by atoms with E-state index in [1.54, 1.807) is 0 Å². The first-order chi connectivity index (χ1) is 2.00. The maximum Gasteiger partial charge on any atom is 0.212 e. The highest BCUT2D eigenvalue weighted by atomic mass is 36.0. The van der Waals surface area contributed by atoms with Crippen LogP contribution in [0.2, 0.25) is 0 Å². The van der Waals surface area contributed by atoms with E-state index in [-0.39, 0.29) is 0 Å². The van der Waals surface area contributed by atoms with Gasteiger partial charge in [0.25, 0.3) is 0 Å². The maximum atomic E-state index is 9.39. The van der Waals surface area contributed by atoms with Crippen LogP contribution in [0.3, 0.4) is 0 Å². The second-order valence-electron chi connectivity index (χ2n) is 0.422. The van der Waals surface area contributed by atoms with Gasteiger partial charge in [-0.25, -0.2) is 8.99 Å². The molecule has 2 nitrogen and oxygen atoms in total. The van der Waals surface area contributed by atoms with Gasteiger partial charge in [0.1, 0.15) is 0 Å². The van der Waals surface area contributed by atoms with E-state index in [1.807, 2.05) is 0 Å². The normalized spacial score (nSPS) is 11.6. The number of nitrogens with one attached hydrogen (secondary N) is 1. The summed E-state index contributed by atoms with van der Waals surface area (Å²) < 4.78 is 15.4. The molecule has 5 heteroatoms. The zero-order chi connectivity index (χ0) is 4.50. The van der Waals surface area contributed by atoms with Crippen LogP contribution >= 0.6 is 21.4 Å². The van der Waals surface area contributed by atoms with Gasteiger partial charge in [0, 0.05) is 21.4 Å². The van der Waals surface area contributed by atoms with E-state index < -0.39 is 8.16 Å². The SMILES string of the molecule is N=S(=O)(Cl)Cl. The van der Waals surface area contributed by atoms with Crippen LogP contribution in [0, 0.1) is 4.78 Å². The lowest BCUT2D eigenvalue weighted by molar-refractivity contribution is 0.692. The predicted molar refractivity (Wildman–Crippen MR) is 22.6 cm³/mol. The Kier molecular flexibility index (Phi) is 1.46. The molecular formula is HCl2NOS. The van der Waals surface area contributed by atoms with Gasteiger partial charge in [-0.2, -0.15) is 0 Å². The minimum atomic E-state index is -3.22. The smallest absolute Gasteiger partial charge is 0.212 e. The van der Waals surface area contributed by atoms with Crippen molar-refractivity contribution in [1.29, 1.82) is 4.78 Å². The average Bonchev–Trinajstić information content (AvgIpc) is 0.722. The molecule has 0 fully saturated rings. The average molecular weight is 134 g/mol. The zero-order valence-corrected chi connectivity index (χ0v) is 4.40. The topological polar surface area (TPSA) is 40.9 Å². The molecule has 0 aromatic carbocycles. The van der Waals surface area contributed by atoms with Crippen LogP contribution in [0.4, 0.5) is 0 Å². The van der Waals surface area contributed by atoms with Crippen LogP contribution in [0.5, 0.6) is 0 Å². The van der Waals surface area contributed by atoms with Crippen molar-refractivity contribution in [2.45, 2.75) is 0 Å². The predicted octanol–water partition coefficient (Wildman–Crippen LogP) is 1.34. The van der Waals surface area contributed by atoms with Crippen LogP contribution in [-0.4, -0.2) is 4.21 Å². The number of halogens is 2. The van der Waals surface area contributed by atoms with E-state index >= 15 is 0 Å². The molecule has 32 valence electrons. The summed E-state index contributed by atoms with van der Waals surface area (Å²) in [5.41, 5.74) is 0. The molecule has 0 aliphatic rings. The van der Waals surface area contributed by atoms with Crippen LogP contribution in [0.1, 0.15) is 0 Å². The summed E-state index contributed by atoms with van der Waals surface area (Å²) in [7, 11) is 5.76. The molecule has 1 N–H and O–H groups in total. The van der Waals surface area contributed by atoms with Crippen molar-refractivity contribution in [3.63, 3.8) is 0 Å². The minimum Gasteiger partial charge on any atom is -0.227 e. The van der Waals surface area contributed by atoms with Crippen LogP contribution < -0.4 is 0 Å². The molecule has 0 bridgehead atoms. The van der Waals surface area contributed by atoms with E-state index in [9.17, 15) is 4.21 Å². The molecule has 0 aromatic rings. The minimum absolute atomic E-state index is 3.22. The van der Waals surface area contributed by atoms with Gasteiger partial charge in [-0.15, -0.1) is 0 Å². The summed E-state index contributed by atoms with van der Waals surface area (Å²) in [6.07, 6.45) is 0. The Labute approximate surface area is 39.1 Å². The quantitative estimate of drug-likeness (QED) is 0.499. The Morgan fingerprint density at radius 3 is 1.60 bits per heavy atom. The first-order valence-electron chi connectivity index (χ1n) is 0.679. The maximum absolute atomic E-state index is 9.39. The molecular weight excluding hydrogens is 133 g/mol. The Morgan fingerprint density at radius 1 is 1.60 bits per heavy atom. The van der Waals surface area contributed by atoms with Crippen molar-refractivity contribution in [2.75, 3.05) is 0 Å². The Morgan fingerprint density at radius 2 is 1.60 bits per heavy atom. The fourth-order valence-electron chi connectivity index (χ4n) is 0. The monoisotopic (exact) mass is 133 g/mol. The van der Waals surface area contributed by atoms with Crippen molar-refractivity contribution in [1.82, 2.24) is 0 Å². The molecule has 0 rings (SSSR count). The molecule has 5 heavy (non-hydrogen) atoms. The van der Waals surface area contributed by atoms with Crippen LogP contribution in [0.25, 0.3) is 0 Å². The molecule has 0 radical (unpaired) electrons. The highest BCUT2D eigenvalue weighted by molar-refractivity contribution is 8.32. The van der Waals surface area contributed by atoms with Gasteiger partial charge in [-0.1, -0.05) is 0 Å². The third-order valence-corrected chi connectivity index (χ3v) is 0. The van der Waals surface area contributed by atoms with Crippen molar-refractivity contribution in [3.05, 3.63) is 0 Å². The summed E-state index contributed by atoms with van der Waals surface area (Å²) in [4.78, 5) is 0. The fraction of sp³-hybridized carbons (Fsp3) is 0. The molecule has 0 aliphatic carbocycles. The standard InChI is InChI=1S/Cl2HNOS/c1-5(2,3)4/h3H. The molecule has 0 saturated heterocycles. The Balaban J connectivity index is 4.06. The van der Waals surface area contributed by atoms with E-state index in [2.05, 4.69) is 21.4 Å². The van der Waals surface area contributed by atoms with Crippen molar-refractivity contribution < 1.29 is 4.21 Å². The number of hydrogen-bond donors (Lipinski definition) is 1. The summed E-state index contributed by atoms with van der Waals surface area (Å²) in [6, 6.07) is 0. The molecule has 0 amide bonds. The van der Waals surface area contributed by atoms with Gasteiger partial charge in [0.05, 0.1) is 0 Å². The van der Waals surface area contributed by atoms with Crippen LogP contribution in [0.15, 0.2) is 0 Å². The fourth-order valence-corrected chi connectivity index (χ4v) is 0. The van der Waals surface area contributed by atoms with Crippen molar-refractivity contribution >= 4 is 29.5 Å². The lowest BCUT2D eigenvalue weighted by Gasteiger charge is -1.67. The molecule has 0 saturated carbocycles. The summed E-state index contributed by atoms with van der Waals surface area (Å²) in [5.74, 6) is 0. The first-order valence-corrected chi connectivity index (χ1v) is 3.89.